The van der Waals surface area contributed by atoms with E-state index in [9.17, 15) is 0 Å². The van der Waals surface area contributed by atoms with Gasteiger partial charge in [-0.1, -0.05) is 15.9 Å². The molecule has 0 amide bonds. The summed E-state index contributed by atoms with van der Waals surface area (Å²) >= 11 is 3.40. The maximum atomic E-state index is 8.57. The molecule has 0 N–H and O–H groups in total. The van der Waals surface area contributed by atoms with Crippen LogP contribution >= 0.6 is 15.9 Å². The standard InChI is InChI=1S/C10H10BrNO/c1-7-5-9(11)8(3-4-12)6-10(7)13-2/h5-6H,3H2,1-2H3. The average Bonchev–Trinajstić information content (AvgIpc) is 2.10. The van der Waals surface area contributed by atoms with Crippen LogP contribution in [0.3, 0.4) is 0 Å². The summed E-state index contributed by atoms with van der Waals surface area (Å²) in [6.07, 6.45) is 0.400. The van der Waals surface area contributed by atoms with E-state index in [-0.39, 0.29) is 0 Å². The summed E-state index contributed by atoms with van der Waals surface area (Å²) in [5.41, 5.74) is 2.03. The third-order valence-corrected chi connectivity index (χ3v) is 2.57. The van der Waals surface area contributed by atoms with Gasteiger partial charge in [0.15, 0.2) is 0 Å². The van der Waals surface area contributed by atoms with E-state index in [2.05, 4.69) is 22.0 Å². The first-order valence-electron chi connectivity index (χ1n) is 3.89. The zero-order valence-corrected chi connectivity index (χ0v) is 9.18. The van der Waals surface area contributed by atoms with Gasteiger partial charge >= 0.3 is 0 Å². The number of ether oxygens (including phenoxy) is 1. The highest BCUT2D eigenvalue weighted by atomic mass is 79.9. The van der Waals surface area contributed by atoms with Crippen LogP contribution in [0.15, 0.2) is 16.6 Å². The zero-order valence-electron chi connectivity index (χ0n) is 7.60. The molecular weight excluding hydrogens is 230 g/mol. The molecule has 1 aromatic rings. The van der Waals surface area contributed by atoms with Crippen LogP contribution in [-0.4, -0.2) is 7.11 Å². The number of aryl methyl sites for hydroxylation is 1. The molecule has 1 aromatic carbocycles. The normalized spacial score (nSPS) is 9.38. The van der Waals surface area contributed by atoms with Crippen LogP contribution < -0.4 is 4.74 Å². The zero-order chi connectivity index (χ0) is 9.84. The molecule has 13 heavy (non-hydrogen) atoms. The summed E-state index contributed by atoms with van der Waals surface area (Å²) in [6, 6.07) is 5.97. The van der Waals surface area contributed by atoms with Gasteiger partial charge in [0.1, 0.15) is 5.75 Å². The van der Waals surface area contributed by atoms with Crippen LogP contribution in [0.2, 0.25) is 0 Å². The summed E-state index contributed by atoms with van der Waals surface area (Å²) in [7, 11) is 1.63. The molecular formula is C10H10BrNO. The molecule has 0 atom stereocenters. The maximum Gasteiger partial charge on any atom is 0.122 e. The average molecular weight is 240 g/mol. The Balaban J connectivity index is 3.16. The molecule has 0 aliphatic carbocycles. The lowest BCUT2D eigenvalue weighted by Crippen LogP contribution is -1.91. The molecule has 0 radical (unpaired) electrons. The molecule has 0 heterocycles. The number of nitriles is 1. The molecule has 0 unspecified atom stereocenters. The lowest BCUT2D eigenvalue weighted by atomic mass is 10.1. The SMILES string of the molecule is COc1cc(CC#N)c(Br)cc1C. The van der Waals surface area contributed by atoms with Crippen molar-refractivity contribution in [2.24, 2.45) is 0 Å². The Morgan fingerprint density at radius 1 is 1.54 bits per heavy atom. The van der Waals surface area contributed by atoms with E-state index in [0.29, 0.717) is 6.42 Å². The molecule has 0 bridgehead atoms. The van der Waals surface area contributed by atoms with Crippen molar-refractivity contribution < 1.29 is 4.74 Å². The van der Waals surface area contributed by atoms with Crippen LogP contribution in [0, 0.1) is 18.3 Å². The fourth-order valence-electron chi connectivity index (χ4n) is 1.14. The first kappa shape index (κ1) is 10.1. The van der Waals surface area contributed by atoms with Crippen molar-refractivity contribution >= 4 is 15.9 Å². The molecule has 0 aliphatic rings. The van der Waals surface area contributed by atoms with Crippen molar-refractivity contribution in [2.75, 3.05) is 7.11 Å². The summed E-state index contributed by atoms with van der Waals surface area (Å²) in [4.78, 5) is 0. The summed E-state index contributed by atoms with van der Waals surface area (Å²) in [6.45, 7) is 1.97. The van der Waals surface area contributed by atoms with Gasteiger partial charge in [-0.15, -0.1) is 0 Å². The first-order chi connectivity index (χ1) is 6.19. The Hall–Kier alpha value is -1.01. The van der Waals surface area contributed by atoms with E-state index in [4.69, 9.17) is 10.00 Å². The lowest BCUT2D eigenvalue weighted by Gasteiger charge is -2.07. The predicted molar refractivity (Wildman–Crippen MR) is 54.7 cm³/mol. The number of hydrogen-bond donors (Lipinski definition) is 0. The fourth-order valence-corrected chi connectivity index (χ4v) is 1.73. The number of halogens is 1. The van der Waals surface area contributed by atoms with Gasteiger partial charge in [-0.25, -0.2) is 0 Å². The van der Waals surface area contributed by atoms with E-state index >= 15 is 0 Å². The van der Waals surface area contributed by atoms with Crippen molar-refractivity contribution in [3.63, 3.8) is 0 Å². The monoisotopic (exact) mass is 239 g/mol. The topological polar surface area (TPSA) is 33.0 Å². The first-order valence-corrected chi connectivity index (χ1v) is 4.68. The van der Waals surface area contributed by atoms with Crippen molar-refractivity contribution in [3.8, 4) is 11.8 Å². The molecule has 0 spiro atoms. The molecule has 0 saturated carbocycles. The molecule has 0 aliphatic heterocycles. The number of hydrogen-bond acceptors (Lipinski definition) is 2. The second kappa shape index (κ2) is 4.29. The summed E-state index contributed by atoms with van der Waals surface area (Å²) in [5, 5.41) is 8.57. The minimum atomic E-state index is 0.400. The van der Waals surface area contributed by atoms with Gasteiger partial charge < -0.3 is 4.74 Å². The number of benzene rings is 1. The predicted octanol–water partition coefficient (Wildman–Crippen LogP) is 2.83. The van der Waals surface area contributed by atoms with E-state index < -0.39 is 0 Å². The van der Waals surface area contributed by atoms with Crippen molar-refractivity contribution in [3.05, 3.63) is 27.7 Å². The molecule has 68 valence electrons. The van der Waals surface area contributed by atoms with E-state index in [1.807, 2.05) is 19.1 Å². The van der Waals surface area contributed by atoms with Crippen LogP contribution in [0.4, 0.5) is 0 Å². The van der Waals surface area contributed by atoms with E-state index in [0.717, 1.165) is 21.3 Å². The minimum Gasteiger partial charge on any atom is -0.496 e. The molecule has 0 saturated heterocycles. The van der Waals surface area contributed by atoms with Crippen LogP contribution in [0.5, 0.6) is 5.75 Å². The highest BCUT2D eigenvalue weighted by Gasteiger charge is 2.04. The molecule has 3 heteroatoms. The Kier molecular flexibility index (Phi) is 3.32. The van der Waals surface area contributed by atoms with Crippen LogP contribution in [0.25, 0.3) is 0 Å². The van der Waals surface area contributed by atoms with Crippen LogP contribution in [-0.2, 0) is 6.42 Å². The van der Waals surface area contributed by atoms with Crippen molar-refractivity contribution in [1.29, 1.82) is 5.26 Å². The van der Waals surface area contributed by atoms with Gasteiger partial charge in [-0.3, -0.25) is 0 Å². The lowest BCUT2D eigenvalue weighted by molar-refractivity contribution is 0.411. The second-order valence-corrected chi connectivity index (χ2v) is 3.60. The number of rotatable bonds is 2. The summed E-state index contributed by atoms with van der Waals surface area (Å²) in [5.74, 6) is 0.827. The molecule has 2 nitrogen and oxygen atoms in total. The van der Waals surface area contributed by atoms with Crippen molar-refractivity contribution in [2.45, 2.75) is 13.3 Å². The van der Waals surface area contributed by atoms with Crippen molar-refractivity contribution in [1.82, 2.24) is 0 Å². The Bertz CT molecular complexity index is 355. The molecule has 1 rings (SSSR count). The van der Waals surface area contributed by atoms with Gasteiger partial charge in [0.25, 0.3) is 0 Å². The number of methoxy groups -OCH3 is 1. The molecule has 0 fully saturated rings. The third-order valence-electron chi connectivity index (χ3n) is 1.83. The van der Waals surface area contributed by atoms with Gasteiger partial charge in [0, 0.05) is 4.47 Å². The Morgan fingerprint density at radius 2 is 2.23 bits per heavy atom. The fraction of sp³-hybridized carbons (Fsp3) is 0.300. The van der Waals surface area contributed by atoms with Gasteiger partial charge in [0.2, 0.25) is 0 Å². The Labute approximate surface area is 86.3 Å². The quantitative estimate of drug-likeness (QED) is 0.796. The van der Waals surface area contributed by atoms with Gasteiger partial charge in [-0.05, 0) is 30.2 Å². The van der Waals surface area contributed by atoms with Gasteiger partial charge in [0.05, 0.1) is 19.6 Å². The van der Waals surface area contributed by atoms with E-state index in [1.165, 1.54) is 0 Å². The summed E-state index contributed by atoms with van der Waals surface area (Å²) < 4.78 is 6.12. The number of nitrogens with zero attached hydrogens (tertiary/aromatic N) is 1. The highest BCUT2D eigenvalue weighted by molar-refractivity contribution is 9.10. The van der Waals surface area contributed by atoms with Gasteiger partial charge in [-0.2, -0.15) is 5.26 Å². The largest absolute Gasteiger partial charge is 0.496 e. The third kappa shape index (κ3) is 2.22. The maximum absolute atomic E-state index is 8.57. The van der Waals surface area contributed by atoms with E-state index in [1.54, 1.807) is 7.11 Å². The minimum absolute atomic E-state index is 0.400. The van der Waals surface area contributed by atoms with Crippen LogP contribution in [0.1, 0.15) is 11.1 Å². The Morgan fingerprint density at radius 3 is 2.77 bits per heavy atom. The highest BCUT2D eigenvalue weighted by Crippen LogP contribution is 2.26. The molecule has 0 aromatic heterocycles. The smallest absolute Gasteiger partial charge is 0.122 e. The second-order valence-electron chi connectivity index (χ2n) is 2.75.